The second kappa shape index (κ2) is 6.47. The van der Waals surface area contributed by atoms with Crippen LogP contribution in [0.4, 0.5) is 0 Å². The molecule has 0 amide bonds. The Morgan fingerprint density at radius 2 is 1.65 bits per heavy atom. The summed E-state index contributed by atoms with van der Waals surface area (Å²) < 4.78 is 2.28. The zero-order chi connectivity index (χ0) is 17.4. The molecular weight excluding hydrogens is 278 g/mol. The molecule has 0 saturated heterocycles. The van der Waals surface area contributed by atoms with Gasteiger partial charge in [0, 0.05) is 17.2 Å². The highest BCUT2D eigenvalue weighted by Gasteiger charge is 2.19. The van der Waals surface area contributed by atoms with Crippen LogP contribution in [0.15, 0.2) is 30.5 Å². The van der Waals surface area contributed by atoms with Crippen LogP contribution in [0.2, 0.25) is 0 Å². The van der Waals surface area contributed by atoms with Crippen LogP contribution in [0.3, 0.4) is 0 Å². The van der Waals surface area contributed by atoms with Crippen molar-refractivity contribution in [3.63, 3.8) is 0 Å². The lowest BCUT2D eigenvalue weighted by molar-refractivity contribution is -0.660. The Morgan fingerprint density at radius 1 is 1.00 bits per heavy atom. The van der Waals surface area contributed by atoms with Gasteiger partial charge in [0.25, 0.3) is 0 Å². The van der Waals surface area contributed by atoms with Crippen molar-refractivity contribution in [1.29, 1.82) is 0 Å². The van der Waals surface area contributed by atoms with E-state index in [9.17, 15) is 0 Å². The standard InChI is InChI=1S/C22H32N/c1-15(2)11-18-14-23(8)21(13-16(18)3)20-10-9-19(12-17(20)4)22(5,6)7/h9-10,12-15H,11H2,1-8H3/q+1. The fourth-order valence-corrected chi connectivity index (χ4v) is 3.14. The van der Waals surface area contributed by atoms with Crippen LogP contribution in [0.5, 0.6) is 0 Å². The molecular formula is C22H32N+. The van der Waals surface area contributed by atoms with E-state index in [0.717, 1.165) is 6.42 Å². The van der Waals surface area contributed by atoms with Gasteiger partial charge >= 0.3 is 0 Å². The van der Waals surface area contributed by atoms with Crippen molar-refractivity contribution < 1.29 is 4.57 Å². The van der Waals surface area contributed by atoms with Crippen molar-refractivity contribution in [3.05, 3.63) is 52.7 Å². The molecule has 0 N–H and O–H groups in total. The summed E-state index contributed by atoms with van der Waals surface area (Å²) in [5.41, 5.74) is 8.43. The predicted octanol–water partition coefficient (Wildman–Crippen LogP) is 5.29. The van der Waals surface area contributed by atoms with Crippen molar-refractivity contribution in [2.24, 2.45) is 13.0 Å². The van der Waals surface area contributed by atoms with Gasteiger partial charge in [-0.05, 0) is 54.4 Å². The van der Waals surface area contributed by atoms with E-state index < -0.39 is 0 Å². The first-order valence-corrected chi connectivity index (χ1v) is 8.70. The van der Waals surface area contributed by atoms with Crippen LogP contribution in [-0.2, 0) is 18.9 Å². The number of benzene rings is 1. The third-order valence-electron chi connectivity index (χ3n) is 4.59. The molecule has 0 aliphatic carbocycles. The van der Waals surface area contributed by atoms with Crippen molar-refractivity contribution in [1.82, 2.24) is 0 Å². The van der Waals surface area contributed by atoms with Gasteiger partial charge in [0.05, 0.1) is 0 Å². The number of rotatable bonds is 3. The highest BCUT2D eigenvalue weighted by Crippen LogP contribution is 2.29. The maximum absolute atomic E-state index is 2.34. The minimum absolute atomic E-state index is 0.197. The molecule has 1 heteroatoms. The van der Waals surface area contributed by atoms with Crippen molar-refractivity contribution in [3.8, 4) is 11.3 Å². The Hall–Kier alpha value is -1.63. The summed E-state index contributed by atoms with van der Waals surface area (Å²) >= 11 is 0. The van der Waals surface area contributed by atoms with Gasteiger partial charge in [-0.25, -0.2) is 4.57 Å². The SMILES string of the molecule is Cc1cc(-c2ccc(C(C)(C)C)cc2C)[n+](C)cc1CC(C)C. The van der Waals surface area contributed by atoms with Gasteiger partial charge < -0.3 is 0 Å². The van der Waals surface area contributed by atoms with Gasteiger partial charge in [-0.2, -0.15) is 0 Å². The molecule has 0 atom stereocenters. The second-order valence-electron chi connectivity index (χ2n) is 8.36. The third-order valence-corrected chi connectivity index (χ3v) is 4.59. The van der Waals surface area contributed by atoms with E-state index in [1.54, 1.807) is 0 Å². The molecule has 0 spiro atoms. The maximum Gasteiger partial charge on any atom is 0.212 e. The average molecular weight is 311 g/mol. The zero-order valence-electron chi connectivity index (χ0n) is 16.1. The monoisotopic (exact) mass is 310 g/mol. The van der Waals surface area contributed by atoms with Gasteiger partial charge in [0.1, 0.15) is 7.05 Å². The van der Waals surface area contributed by atoms with Crippen LogP contribution in [-0.4, -0.2) is 0 Å². The highest BCUT2D eigenvalue weighted by molar-refractivity contribution is 5.62. The molecule has 1 aromatic heterocycles. The Bertz CT molecular complexity index is 703. The first-order valence-electron chi connectivity index (χ1n) is 8.70. The smallest absolute Gasteiger partial charge is 0.201 e. The fourth-order valence-electron chi connectivity index (χ4n) is 3.14. The van der Waals surface area contributed by atoms with Crippen molar-refractivity contribution in [2.45, 2.75) is 60.3 Å². The fraction of sp³-hybridized carbons (Fsp3) is 0.500. The van der Waals surface area contributed by atoms with Gasteiger partial charge in [-0.1, -0.05) is 46.8 Å². The topological polar surface area (TPSA) is 3.88 Å². The quantitative estimate of drug-likeness (QED) is 0.678. The number of hydrogen-bond donors (Lipinski definition) is 0. The Labute approximate surface area is 142 Å². The van der Waals surface area contributed by atoms with Crippen LogP contribution in [0.1, 0.15) is 56.9 Å². The Balaban J connectivity index is 2.49. The molecule has 1 heterocycles. The lowest BCUT2D eigenvalue weighted by atomic mass is 9.85. The summed E-state index contributed by atoms with van der Waals surface area (Å²) in [7, 11) is 2.16. The molecule has 0 aliphatic rings. The Kier molecular flexibility index (Phi) is 4.98. The number of hydrogen-bond acceptors (Lipinski definition) is 0. The number of pyridine rings is 1. The van der Waals surface area contributed by atoms with Crippen molar-refractivity contribution in [2.75, 3.05) is 0 Å². The van der Waals surface area contributed by atoms with E-state index in [-0.39, 0.29) is 5.41 Å². The summed E-state index contributed by atoms with van der Waals surface area (Å²) in [5, 5.41) is 0. The van der Waals surface area contributed by atoms with Crippen molar-refractivity contribution >= 4 is 0 Å². The first kappa shape index (κ1) is 17.7. The normalized spacial score (nSPS) is 12.0. The van der Waals surface area contributed by atoms with Gasteiger partial charge in [-0.15, -0.1) is 0 Å². The molecule has 124 valence electrons. The number of aryl methyl sites for hydroxylation is 3. The van der Waals surface area contributed by atoms with Crippen LogP contribution >= 0.6 is 0 Å². The molecule has 0 saturated carbocycles. The van der Waals surface area contributed by atoms with E-state index in [4.69, 9.17) is 0 Å². The highest BCUT2D eigenvalue weighted by atomic mass is 14.9. The third kappa shape index (κ3) is 4.02. The molecule has 1 nitrogen and oxygen atoms in total. The molecule has 23 heavy (non-hydrogen) atoms. The van der Waals surface area contributed by atoms with E-state index >= 15 is 0 Å². The summed E-state index contributed by atoms with van der Waals surface area (Å²) in [6, 6.07) is 9.25. The second-order valence-corrected chi connectivity index (χ2v) is 8.36. The van der Waals surface area contributed by atoms with E-state index in [0.29, 0.717) is 5.92 Å². The molecule has 1 aromatic carbocycles. The molecule has 0 fully saturated rings. The molecule has 0 unspecified atom stereocenters. The molecule has 0 aliphatic heterocycles. The molecule has 2 rings (SSSR count). The summed E-state index contributed by atoms with van der Waals surface area (Å²) in [4.78, 5) is 0. The largest absolute Gasteiger partial charge is 0.212 e. The van der Waals surface area contributed by atoms with Crippen LogP contribution in [0.25, 0.3) is 11.3 Å². The molecule has 0 bridgehead atoms. The maximum atomic E-state index is 2.34. The zero-order valence-corrected chi connectivity index (χ0v) is 16.1. The minimum atomic E-state index is 0.197. The average Bonchev–Trinajstić information content (AvgIpc) is 2.41. The summed E-state index contributed by atoms with van der Waals surface area (Å²) in [6.45, 7) is 15.8. The lowest BCUT2D eigenvalue weighted by Crippen LogP contribution is -2.32. The molecule has 2 aromatic rings. The van der Waals surface area contributed by atoms with E-state index in [1.165, 1.54) is 33.5 Å². The number of aromatic nitrogens is 1. The van der Waals surface area contributed by atoms with Crippen LogP contribution in [0, 0.1) is 19.8 Å². The van der Waals surface area contributed by atoms with E-state index in [2.05, 4.69) is 90.5 Å². The van der Waals surface area contributed by atoms with Crippen LogP contribution < -0.4 is 4.57 Å². The van der Waals surface area contributed by atoms with E-state index in [1.807, 2.05) is 0 Å². The minimum Gasteiger partial charge on any atom is -0.201 e. The predicted molar refractivity (Wildman–Crippen MR) is 99.8 cm³/mol. The molecule has 0 radical (unpaired) electrons. The van der Waals surface area contributed by atoms with Gasteiger partial charge in [-0.3, -0.25) is 0 Å². The van der Waals surface area contributed by atoms with Gasteiger partial charge in [0.2, 0.25) is 5.69 Å². The number of nitrogens with zero attached hydrogens (tertiary/aromatic N) is 1. The Morgan fingerprint density at radius 3 is 2.17 bits per heavy atom. The summed E-state index contributed by atoms with van der Waals surface area (Å²) in [6.07, 6.45) is 3.45. The first-order chi connectivity index (χ1) is 10.6. The summed E-state index contributed by atoms with van der Waals surface area (Å²) in [5.74, 6) is 0.687. The van der Waals surface area contributed by atoms with Gasteiger partial charge in [0.15, 0.2) is 6.20 Å². The lowest BCUT2D eigenvalue weighted by Gasteiger charge is -2.20.